The Morgan fingerprint density at radius 3 is 2.52 bits per heavy atom. The van der Waals surface area contributed by atoms with Crippen LogP contribution in [0.1, 0.15) is 16.1 Å². The highest BCUT2D eigenvalue weighted by atomic mass is 16.5. The van der Waals surface area contributed by atoms with Crippen LogP contribution >= 0.6 is 0 Å². The summed E-state index contributed by atoms with van der Waals surface area (Å²) in [4.78, 5) is 12.3. The van der Waals surface area contributed by atoms with E-state index in [1.54, 1.807) is 20.3 Å². The Morgan fingerprint density at radius 2 is 1.80 bits per heavy atom. The van der Waals surface area contributed by atoms with Crippen LogP contribution in [0.15, 0.2) is 54.6 Å². The molecule has 0 aliphatic rings. The number of nitrogens with one attached hydrogen (secondary N) is 2. The molecule has 128 valence electrons. The summed E-state index contributed by atoms with van der Waals surface area (Å²) in [7, 11) is 3.23. The molecule has 0 fully saturated rings. The topological polar surface area (TPSA) is 76.2 Å². The van der Waals surface area contributed by atoms with E-state index in [0.717, 1.165) is 22.6 Å². The number of carbonyl (C=O) groups excluding carboxylic acids is 1. The summed E-state index contributed by atoms with van der Waals surface area (Å²) in [5.41, 5.74) is 2.96. The molecule has 6 nitrogen and oxygen atoms in total. The van der Waals surface area contributed by atoms with Crippen LogP contribution in [-0.2, 0) is 6.54 Å². The predicted octanol–water partition coefficient (Wildman–Crippen LogP) is 3.02. The van der Waals surface area contributed by atoms with Crippen molar-refractivity contribution in [1.29, 1.82) is 0 Å². The quantitative estimate of drug-likeness (QED) is 0.725. The molecule has 0 spiro atoms. The second kappa shape index (κ2) is 7.53. The van der Waals surface area contributed by atoms with Crippen LogP contribution < -0.4 is 14.8 Å². The molecule has 1 aromatic heterocycles. The van der Waals surface area contributed by atoms with E-state index in [-0.39, 0.29) is 5.91 Å². The van der Waals surface area contributed by atoms with Crippen LogP contribution in [0.4, 0.5) is 0 Å². The molecule has 3 aromatic rings. The molecule has 0 saturated carbocycles. The number of amides is 1. The van der Waals surface area contributed by atoms with Gasteiger partial charge in [-0.3, -0.25) is 9.89 Å². The maximum atomic E-state index is 12.3. The van der Waals surface area contributed by atoms with Crippen molar-refractivity contribution < 1.29 is 14.3 Å². The number of H-pyrrole nitrogens is 1. The predicted molar refractivity (Wildman–Crippen MR) is 94.7 cm³/mol. The molecule has 1 amide bonds. The molecule has 0 radical (unpaired) electrons. The molecule has 6 heteroatoms. The van der Waals surface area contributed by atoms with Crippen molar-refractivity contribution in [3.63, 3.8) is 0 Å². The minimum absolute atomic E-state index is 0.211. The highest BCUT2D eigenvalue weighted by Crippen LogP contribution is 2.22. The summed E-state index contributed by atoms with van der Waals surface area (Å²) in [5, 5.41) is 9.84. The van der Waals surface area contributed by atoms with Crippen molar-refractivity contribution in [3.05, 3.63) is 65.9 Å². The highest BCUT2D eigenvalue weighted by molar-refractivity contribution is 5.93. The fraction of sp³-hybridized carbons (Fsp3) is 0.158. The molecule has 0 aliphatic carbocycles. The number of aromatic nitrogens is 2. The summed E-state index contributed by atoms with van der Waals surface area (Å²) in [5.74, 6) is 1.31. The van der Waals surface area contributed by atoms with Gasteiger partial charge in [-0.1, -0.05) is 24.3 Å². The summed E-state index contributed by atoms with van der Waals surface area (Å²) in [6.07, 6.45) is 0. The smallest absolute Gasteiger partial charge is 0.269 e. The normalized spacial score (nSPS) is 10.3. The molecule has 2 N–H and O–H groups in total. The highest BCUT2D eigenvalue weighted by Gasteiger charge is 2.11. The SMILES string of the molecule is COc1ccc(CNC(=O)c2cc(-c3cccc(OC)c3)n[nH]2)cc1. The van der Waals surface area contributed by atoms with Crippen molar-refractivity contribution in [1.82, 2.24) is 15.5 Å². The van der Waals surface area contributed by atoms with Gasteiger partial charge in [0.1, 0.15) is 17.2 Å². The Balaban J connectivity index is 1.65. The molecule has 0 aliphatic heterocycles. The van der Waals surface area contributed by atoms with Crippen LogP contribution in [0.2, 0.25) is 0 Å². The molecular weight excluding hydrogens is 318 g/mol. The van der Waals surface area contributed by atoms with E-state index in [0.29, 0.717) is 17.9 Å². The van der Waals surface area contributed by atoms with Crippen LogP contribution in [0.5, 0.6) is 11.5 Å². The maximum Gasteiger partial charge on any atom is 0.269 e. The van der Waals surface area contributed by atoms with Gasteiger partial charge in [0.15, 0.2) is 0 Å². The second-order valence-electron chi connectivity index (χ2n) is 5.43. The van der Waals surface area contributed by atoms with E-state index in [4.69, 9.17) is 9.47 Å². The lowest BCUT2D eigenvalue weighted by Gasteiger charge is -2.05. The Morgan fingerprint density at radius 1 is 1.04 bits per heavy atom. The molecule has 25 heavy (non-hydrogen) atoms. The van der Waals surface area contributed by atoms with Gasteiger partial charge in [0, 0.05) is 12.1 Å². The lowest BCUT2D eigenvalue weighted by atomic mass is 10.1. The number of rotatable bonds is 6. The minimum atomic E-state index is -0.211. The van der Waals surface area contributed by atoms with Crippen molar-refractivity contribution in [2.24, 2.45) is 0 Å². The van der Waals surface area contributed by atoms with E-state index < -0.39 is 0 Å². The molecule has 0 bridgehead atoms. The number of nitrogens with zero attached hydrogens (tertiary/aromatic N) is 1. The molecular formula is C19H19N3O3. The number of carbonyl (C=O) groups is 1. The van der Waals surface area contributed by atoms with E-state index in [1.807, 2.05) is 48.5 Å². The summed E-state index contributed by atoms with van der Waals surface area (Å²) in [6, 6.07) is 16.8. The van der Waals surface area contributed by atoms with Gasteiger partial charge in [0.25, 0.3) is 5.91 Å². The number of ether oxygens (including phenoxy) is 2. The Labute approximate surface area is 145 Å². The third-order valence-corrected chi connectivity index (χ3v) is 3.80. The number of hydrogen-bond donors (Lipinski definition) is 2. The first-order valence-electron chi connectivity index (χ1n) is 7.80. The monoisotopic (exact) mass is 337 g/mol. The zero-order valence-corrected chi connectivity index (χ0v) is 14.1. The zero-order chi connectivity index (χ0) is 17.6. The number of hydrogen-bond acceptors (Lipinski definition) is 4. The fourth-order valence-electron chi connectivity index (χ4n) is 2.39. The van der Waals surface area contributed by atoms with Crippen molar-refractivity contribution in [3.8, 4) is 22.8 Å². The summed E-state index contributed by atoms with van der Waals surface area (Å²) >= 11 is 0. The van der Waals surface area contributed by atoms with Gasteiger partial charge in [-0.15, -0.1) is 0 Å². The van der Waals surface area contributed by atoms with Gasteiger partial charge in [-0.25, -0.2) is 0 Å². The molecule has 3 rings (SSSR count). The van der Waals surface area contributed by atoms with Gasteiger partial charge in [-0.2, -0.15) is 5.10 Å². The van der Waals surface area contributed by atoms with E-state index in [2.05, 4.69) is 15.5 Å². The van der Waals surface area contributed by atoms with Crippen molar-refractivity contribution in [2.45, 2.75) is 6.54 Å². The van der Waals surface area contributed by atoms with Gasteiger partial charge in [0.05, 0.1) is 19.9 Å². The first-order valence-corrected chi connectivity index (χ1v) is 7.80. The van der Waals surface area contributed by atoms with Gasteiger partial charge >= 0.3 is 0 Å². The fourth-order valence-corrected chi connectivity index (χ4v) is 2.39. The first kappa shape index (κ1) is 16.6. The van der Waals surface area contributed by atoms with Gasteiger partial charge in [0.2, 0.25) is 0 Å². The molecule has 0 saturated heterocycles. The Hall–Kier alpha value is -3.28. The van der Waals surface area contributed by atoms with Gasteiger partial charge < -0.3 is 14.8 Å². The lowest BCUT2D eigenvalue weighted by molar-refractivity contribution is 0.0946. The largest absolute Gasteiger partial charge is 0.497 e. The number of methoxy groups -OCH3 is 2. The Kier molecular flexibility index (Phi) is 4.99. The van der Waals surface area contributed by atoms with Gasteiger partial charge in [-0.05, 0) is 35.9 Å². The van der Waals surface area contributed by atoms with Crippen LogP contribution in [0, 0.1) is 0 Å². The number of benzene rings is 2. The van der Waals surface area contributed by atoms with E-state index >= 15 is 0 Å². The second-order valence-corrected chi connectivity index (χ2v) is 5.43. The number of aromatic amines is 1. The first-order chi connectivity index (χ1) is 12.2. The minimum Gasteiger partial charge on any atom is -0.497 e. The molecule has 1 heterocycles. The average molecular weight is 337 g/mol. The van der Waals surface area contributed by atoms with Crippen LogP contribution in [-0.4, -0.2) is 30.3 Å². The maximum absolute atomic E-state index is 12.3. The molecule has 2 aromatic carbocycles. The van der Waals surface area contributed by atoms with Crippen LogP contribution in [0.25, 0.3) is 11.3 Å². The van der Waals surface area contributed by atoms with Crippen molar-refractivity contribution >= 4 is 5.91 Å². The lowest BCUT2D eigenvalue weighted by Crippen LogP contribution is -2.23. The third-order valence-electron chi connectivity index (χ3n) is 3.80. The summed E-state index contributed by atoms with van der Waals surface area (Å²) in [6.45, 7) is 0.427. The molecule has 0 atom stereocenters. The summed E-state index contributed by atoms with van der Waals surface area (Å²) < 4.78 is 10.3. The standard InChI is InChI=1S/C19H19N3O3/c1-24-15-8-6-13(7-9-15)12-20-19(23)18-11-17(21-22-18)14-4-3-5-16(10-14)25-2/h3-11H,12H2,1-2H3,(H,20,23)(H,21,22). The Bertz CT molecular complexity index is 856. The van der Waals surface area contributed by atoms with Crippen molar-refractivity contribution in [2.75, 3.05) is 14.2 Å². The molecule has 0 unspecified atom stereocenters. The average Bonchev–Trinajstić information content (AvgIpc) is 3.17. The van der Waals surface area contributed by atoms with E-state index in [1.165, 1.54) is 0 Å². The third kappa shape index (κ3) is 3.98. The van der Waals surface area contributed by atoms with E-state index in [9.17, 15) is 4.79 Å². The zero-order valence-electron chi connectivity index (χ0n) is 14.1. The van der Waals surface area contributed by atoms with Crippen LogP contribution in [0.3, 0.4) is 0 Å².